The van der Waals surface area contributed by atoms with Gasteiger partial charge in [0.1, 0.15) is 6.07 Å². The second-order valence-corrected chi connectivity index (χ2v) is 5.34. The van der Waals surface area contributed by atoms with Crippen LogP contribution in [-0.4, -0.2) is 41.7 Å². The molecule has 1 unspecified atom stereocenters. The predicted molar refractivity (Wildman–Crippen MR) is 80.7 cm³/mol. The van der Waals surface area contributed by atoms with Crippen molar-refractivity contribution in [3.8, 4) is 6.07 Å². The van der Waals surface area contributed by atoms with Crippen molar-refractivity contribution in [2.24, 2.45) is 0 Å². The summed E-state index contributed by atoms with van der Waals surface area (Å²) in [5.41, 5.74) is 1.03. The van der Waals surface area contributed by atoms with Crippen LogP contribution in [0.15, 0.2) is 24.3 Å². The van der Waals surface area contributed by atoms with Crippen molar-refractivity contribution in [2.75, 3.05) is 25.0 Å². The number of carbonyl (C=O) groups is 1. The number of aliphatic hydroxyl groups is 1. The molecule has 1 fully saturated rings. The van der Waals surface area contributed by atoms with Gasteiger partial charge in [-0.1, -0.05) is 18.6 Å². The van der Waals surface area contributed by atoms with E-state index in [4.69, 9.17) is 10.4 Å². The number of benzene rings is 1. The lowest BCUT2D eigenvalue weighted by molar-refractivity contribution is -0.118. The van der Waals surface area contributed by atoms with Crippen molar-refractivity contribution < 1.29 is 9.90 Å². The van der Waals surface area contributed by atoms with E-state index in [0.29, 0.717) is 24.2 Å². The van der Waals surface area contributed by atoms with Gasteiger partial charge >= 0.3 is 0 Å². The van der Waals surface area contributed by atoms with Gasteiger partial charge in [-0.25, -0.2) is 0 Å². The summed E-state index contributed by atoms with van der Waals surface area (Å²) >= 11 is 0. The summed E-state index contributed by atoms with van der Waals surface area (Å²) in [5, 5.41) is 20.9. The quantitative estimate of drug-likeness (QED) is 0.864. The van der Waals surface area contributed by atoms with Crippen molar-refractivity contribution in [3.05, 3.63) is 29.8 Å². The first-order chi connectivity index (χ1) is 10.2. The SMILES string of the molecule is N#Cc1ccccc1NC(=O)CN1CCCCC1CCO. The lowest BCUT2D eigenvalue weighted by Crippen LogP contribution is -2.44. The molecule has 1 aliphatic heterocycles. The van der Waals surface area contributed by atoms with Gasteiger partial charge in [0.2, 0.25) is 5.91 Å². The smallest absolute Gasteiger partial charge is 0.238 e. The number of nitriles is 1. The molecule has 0 radical (unpaired) electrons. The molecule has 112 valence electrons. The van der Waals surface area contributed by atoms with Crippen molar-refractivity contribution >= 4 is 11.6 Å². The Balaban J connectivity index is 1.96. The molecule has 5 nitrogen and oxygen atoms in total. The lowest BCUT2D eigenvalue weighted by atomic mass is 9.99. The summed E-state index contributed by atoms with van der Waals surface area (Å²) in [5.74, 6) is -0.109. The first-order valence-corrected chi connectivity index (χ1v) is 7.38. The van der Waals surface area contributed by atoms with Gasteiger partial charge < -0.3 is 10.4 Å². The molecule has 1 aliphatic rings. The standard InChI is InChI=1S/C16H21N3O2/c17-11-13-5-1-2-7-15(13)18-16(21)12-19-9-4-3-6-14(19)8-10-20/h1-2,5,7,14,20H,3-4,6,8-10,12H2,(H,18,21). The van der Waals surface area contributed by atoms with E-state index >= 15 is 0 Å². The van der Waals surface area contributed by atoms with Crippen molar-refractivity contribution in [3.63, 3.8) is 0 Å². The molecular formula is C16H21N3O2. The van der Waals surface area contributed by atoms with Gasteiger partial charge in [-0.15, -0.1) is 0 Å². The minimum atomic E-state index is -0.109. The number of hydrogen-bond donors (Lipinski definition) is 2. The second-order valence-electron chi connectivity index (χ2n) is 5.34. The number of likely N-dealkylation sites (tertiary alicyclic amines) is 1. The summed E-state index contributed by atoms with van der Waals surface area (Å²) < 4.78 is 0. The average molecular weight is 287 g/mol. The molecule has 1 atom stereocenters. The molecule has 1 aromatic rings. The van der Waals surface area contributed by atoms with E-state index in [1.54, 1.807) is 24.3 Å². The topological polar surface area (TPSA) is 76.4 Å². The van der Waals surface area contributed by atoms with Crippen LogP contribution in [0.1, 0.15) is 31.2 Å². The number of rotatable bonds is 5. The molecule has 0 bridgehead atoms. The number of carbonyl (C=O) groups excluding carboxylic acids is 1. The molecule has 21 heavy (non-hydrogen) atoms. The van der Waals surface area contributed by atoms with Crippen molar-refractivity contribution in [1.29, 1.82) is 5.26 Å². The largest absolute Gasteiger partial charge is 0.396 e. The van der Waals surface area contributed by atoms with Crippen LogP contribution in [0.25, 0.3) is 0 Å². The number of anilines is 1. The van der Waals surface area contributed by atoms with Crippen LogP contribution in [0.2, 0.25) is 0 Å². The summed E-state index contributed by atoms with van der Waals surface area (Å²) in [6.45, 7) is 1.35. The second kappa shape index (κ2) is 7.77. The maximum atomic E-state index is 12.2. The first-order valence-electron chi connectivity index (χ1n) is 7.38. The van der Waals surface area contributed by atoms with Crippen LogP contribution in [0.4, 0.5) is 5.69 Å². The molecular weight excluding hydrogens is 266 g/mol. The Kier molecular flexibility index (Phi) is 5.73. The fourth-order valence-electron chi connectivity index (χ4n) is 2.81. The Hall–Kier alpha value is -1.90. The van der Waals surface area contributed by atoms with Crippen LogP contribution in [0.3, 0.4) is 0 Å². The van der Waals surface area contributed by atoms with Gasteiger partial charge in [-0.05, 0) is 37.9 Å². The van der Waals surface area contributed by atoms with Gasteiger partial charge in [0.15, 0.2) is 0 Å². The average Bonchev–Trinajstić information content (AvgIpc) is 2.50. The third-order valence-corrected chi connectivity index (χ3v) is 3.88. The van der Waals surface area contributed by atoms with Gasteiger partial charge in [0, 0.05) is 12.6 Å². The molecule has 1 heterocycles. The van der Waals surface area contributed by atoms with Gasteiger partial charge in [-0.2, -0.15) is 5.26 Å². The zero-order chi connectivity index (χ0) is 15.1. The molecule has 0 aliphatic carbocycles. The number of piperidine rings is 1. The number of nitrogens with one attached hydrogen (secondary N) is 1. The summed E-state index contributed by atoms with van der Waals surface area (Å²) in [4.78, 5) is 14.3. The molecule has 1 amide bonds. The van der Waals surface area contributed by atoms with Gasteiger partial charge in [0.25, 0.3) is 0 Å². The minimum absolute atomic E-state index is 0.109. The zero-order valence-corrected chi connectivity index (χ0v) is 12.1. The summed E-state index contributed by atoms with van der Waals surface area (Å²) in [7, 11) is 0. The zero-order valence-electron chi connectivity index (χ0n) is 12.1. The van der Waals surface area contributed by atoms with E-state index in [9.17, 15) is 4.79 Å². The summed E-state index contributed by atoms with van der Waals surface area (Å²) in [6.07, 6.45) is 3.98. The molecule has 0 spiro atoms. The maximum Gasteiger partial charge on any atom is 0.238 e. The molecule has 5 heteroatoms. The molecule has 1 saturated heterocycles. The molecule has 0 aromatic heterocycles. The van der Waals surface area contributed by atoms with Crippen LogP contribution in [-0.2, 0) is 4.79 Å². The predicted octanol–water partition coefficient (Wildman–Crippen LogP) is 1.73. The third kappa shape index (κ3) is 4.28. The summed E-state index contributed by atoms with van der Waals surface area (Å²) in [6, 6.07) is 9.34. The number of nitrogens with zero attached hydrogens (tertiary/aromatic N) is 2. The Labute approximate surface area is 125 Å². The fraction of sp³-hybridized carbons (Fsp3) is 0.500. The highest BCUT2D eigenvalue weighted by atomic mass is 16.3. The van der Waals surface area contributed by atoms with Crippen molar-refractivity contribution in [1.82, 2.24) is 4.90 Å². The van der Waals surface area contributed by atoms with Gasteiger partial charge in [0.05, 0.1) is 17.8 Å². The number of aliphatic hydroxyl groups excluding tert-OH is 1. The highest BCUT2D eigenvalue weighted by Gasteiger charge is 2.23. The number of para-hydroxylation sites is 1. The van der Waals surface area contributed by atoms with E-state index in [2.05, 4.69) is 16.3 Å². The normalized spacial score (nSPS) is 19.0. The number of amides is 1. The van der Waals surface area contributed by atoms with Crippen LogP contribution < -0.4 is 5.32 Å². The molecule has 0 saturated carbocycles. The van der Waals surface area contributed by atoms with E-state index in [-0.39, 0.29) is 18.6 Å². The Bertz CT molecular complexity index is 522. The highest BCUT2D eigenvalue weighted by Crippen LogP contribution is 2.19. The Morgan fingerprint density at radius 2 is 2.24 bits per heavy atom. The monoisotopic (exact) mass is 287 g/mol. The van der Waals surface area contributed by atoms with E-state index < -0.39 is 0 Å². The minimum Gasteiger partial charge on any atom is -0.396 e. The van der Waals surface area contributed by atoms with Crippen LogP contribution in [0, 0.1) is 11.3 Å². The third-order valence-electron chi connectivity index (χ3n) is 3.88. The Morgan fingerprint density at radius 3 is 3.00 bits per heavy atom. The van der Waals surface area contributed by atoms with Crippen LogP contribution >= 0.6 is 0 Å². The highest BCUT2D eigenvalue weighted by molar-refractivity contribution is 5.93. The van der Waals surface area contributed by atoms with Gasteiger partial charge in [-0.3, -0.25) is 9.69 Å². The molecule has 2 rings (SSSR count). The fourth-order valence-corrected chi connectivity index (χ4v) is 2.81. The maximum absolute atomic E-state index is 12.2. The molecule has 2 N–H and O–H groups in total. The van der Waals surface area contributed by atoms with E-state index in [0.717, 1.165) is 25.8 Å². The van der Waals surface area contributed by atoms with E-state index in [1.807, 2.05) is 0 Å². The lowest BCUT2D eigenvalue weighted by Gasteiger charge is -2.34. The number of hydrogen-bond acceptors (Lipinski definition) is 4. The van der Waals surface area contributed by atoms with Crippen molar-refractivity contribution in [2.45, 2.75) is 31.7 Å². The van der Waals surface area contributed by atoms with E-state index in [1.165, 1.54) is 0 Å². The first kappa shape index (κ1) is 15.5. The Morgan fingerprint density at radius 1 is 1.43 bits per heavy atom. The van der Waals surface area contributed by atoms with Crippen LogP contribution in [0.5, 0.6) is 0 Å². The molecule has 1 aromatic carbocycles.